The zero-order valence-corrected chi connectivity index (χ0v) is 22.5. The van der Waals surface area contributed by atoms with Crippen molar-refractivity contribution in [3.05, 3.63) is 130 Å². The fraction of sp³-hybridized carbons (Fsp3) is 0.333. The Morgan fingerprint density at radius 2 is 1.24 bits per heavy atom. The smallest absolute Gasteiger partial charge is 0.0636 e. The van der Waals surface area contributed by atoms with Crippen molar-refractivity contribution >= 4 is 9.52 Å². The molecule has 0 N–H and O–H groups in total. The van der Waals surface area contributed by atoms with E-state index in [4.69, 9.17) is 0 Å². The lowest BCUT2D eigenvalue weighted by Gasteiger charge is -2.21. The SMILES string of the molecule is CCCCc1ccc(C([SiH2]C2=C(Cc3ccccc3)C=CC2)c2ccc(CCCC)cc2)cc1. The van der Waals surface area contributed by atoms with E-state index in [1.54, 1.807) is 10.8 Å². The van der Waals surface area contributed by atoms with Crippen molar-refractivity contribution in [2.45, 2.75) is 70.8 Å². The van der Waals surface area contributed by atoms with E-state index < -0.39 is 9.52 Å². The summed E-state index contributed by atoms with van der Waals surface area (Å²) in [5.74, 6) is 0. The Hall–Kier alpha value is -2.64. The molecular formula is C33H40Si. The minimum Gasteiger partial charge on any atom is -0.0806 e. The average Bonchev–Trinajstić information content (AvgIpc) is 3.32. The Balaban J connectivity index is 1.60. The lowest BCUT2D eigenvalue weighted by molar-refractivity contribution is 0.794. The van der Waals surface area contributed by atoms with Crippen LogP contribution in [0.2, 0.25) is 0 Å². The minimum atomic E-state index is -0.497. The highest BCUT2D eigenvalue weighted by molar-refractivity contribution is 6.48. The second kappa shape index (κ2) is 12.7. The van der Waals surface area contributed by atoms with Gasteiger partial charge in [-0.25, -0.2) is 0 Å². The molecule has 0 spiro atoms. The second-order valence-corrected chi connectivity index (χ2v) is 11.9. The van der Waals surface area contributed by atoms with Crippen LogP contribution < -0.4 is 0 Å². The first-order valence-corrected chi connectivity index (χ1v) is 14.9. The van der Waals surface area contributed by atoms with Gasteiger partial charge in [-0.2, -0.15) is 0 Å². The van der Waals surface area contributed by atoms with Gasteiger partial charge in [-0.1, -0.05) is 123 Å². The highest BCUT2D eigenvalue weighted by Gasteiger charge is 2.20. The first-order chi connectivity index (χ1) is 16.8. The van der Waals surface area contributed by atoms with Crippen molar-refractivity contribution in [1.29, 1.82) is 0 Å². The van der Waals surface area contributed by atoms with Gasteiger partial charge in [-0.05, 0) is 71.9 Å². The molecule has 0 saturated carbocycles. The van der Waals surface area contributed by atoms with Gasteiger partial charge in [0.1, 0.15) is 0 Å². The molecule has 1 aliphatic rings. The Morgan fingerprint density at radius 1 is 0.676 bits per heavy atom. The molecule has 0 fully saturated rings. The van der Waals surface area contributed by atoms with Crippen LogP contribution in [0.1, 0.15) is 79.3 Å². The second-order valence-electron chi connectivity index (χ2n) is 9.84. The van der Waals surface area contributed by atoms with Crippen molar-refractivity contribution < 1.29 is 0 Å². The number of allylic oxidation sites excluding steroid dienone is 4. The summed E-state index contributed by atoms with van der Waals surface area (Å²) in [6.45, 7) is 4.55. The quantitative estimate of drug-likeness (QED) is 0.238. The van der Waals surface area contributed by atoms with Crippen LogP contribution in [0.15, 0.2) is 102 Å². The van der Waals surface area contributed by atoms with Crippen LogP contribution in [-0.2, 0) is 19.3 Å². The number of unbranched alkanes of at least 4 members (excludes halogenated alkanes) is 2. The highest BCUT2D eigenvalue weighted by Crippen LogP contribution is 2.31. The summed E-state index contributed by atoms with van der Waals surface area (Å²) < 4.78 is 0. The molecule has 0 aliphatic heterocycles. The number of hydrogen-bond acceptors (Lipinski definition) is 0. The van der Waals surface area contributed by atoms with Crippen LogP contribution in [0.5, 0.6) is 0 Å². The maximum atomic E-state index is 2.42. The van der Waals surface area contributed by atoms with Gasteiger partial charge in [0.2, 0.25) is 0 Å². The van der Waals surface area contributed by atoms with E-state index in [1.165, 1.54) is 66.3 Å². The molecule has 3 aromatic carbocycles. The monoisotopic (exact) mass is 464 g/mol. The lowest BCUT2D eigenvalue weighted by atomic mass is 9.99. The standard InChI is InChI=1S/C33H40Si/c1-3-5-11-26-17-21-29(22-18-26)33(30-23-19-27(20-24-30)12-6-4-2)34-32-16-10-15-31(32)25-28-13-8-7-9-14-28/h7-10,13-15,17-24,33H,3-6,11-12,16,25,34H2,1-2H3. The molecule has 3 aromatic rings. The number of hydrogen-bond donors (Lipinski definition) is 0. The van der Waals surface area contributed by atoms with Gasteiger partial charge in [0.05, 0.1) is 9.52 Å². The zero-order valence-electron chi connectivity index (χ0n) is 21.1. The van der Waals surface area contributed by atoms with Crippen molar-refractivity contribution in [2.24, 2.45) is 0 Å². The largest absolute Gasteiger partial charge is 0.0806 e. The molecule has 0 heterocycles. The third-order valence-electron chi connectivity index (χ3n) is 7.23. The van der Waals surface area contributed by atoms with Crippen LogP contribution in [0, 0.1) is 0 Å². The first kappa shape index (κ1) is 24.5. The van der Waals surface area contributed by atoms with E-state index in [0.29, 0.717) is 5.54 Å². The van der Waals surface area contributed by atoms with Crippen molar-refractivity contribution in [3.63, 3.8) is 0 Å². The number of aryl methyl sites for hydroxylation is 2. The fourth-order valence-corrected chi connectivity index (χ4v) is 7.42. The lowest BCUT2D eigenvalue weighted by Crippen LogP contribution is -2.14. The molecule has 1 heteroatoms. The van der Waals surface area contributed by atoms with Gasteiger partial charge in [0, 0.05) is 5.54 Å². The summed E-state index contributed by atoms with van der Waals surface area (Å²) in [6.07, 6.45) is 14.5. The van der Waals surface area contributed by atoms with Crippen LogP contribution in [0.25, 0.3) is 0 Å². The van der Waals surface area contributed by atoms with E-state index in [0.717, 1.165) is 12.8 Å². The van der Waals surface area contributed by atoms with Gasteiger partial charge >= 0.3 is 0 Å². The topological polar surface area (TPSA) is 0 Å². The van der Waals surface area contributed by atoms with Gasteiger partial charge in [0.25, 0.3) is 0 Å². The van der Waals surface area contributed by atoms with Crippen LogP contribution in [0.3, 0.4) is 0 Å². The Labute approximate surface area is 209 Å². The summed E-state index contributed by atoms with van der Waals surface area (Å²) in [5.41, 5.74) is 9.51. The maximum Gasteiger partial charge on any atom is 0.0636 e. The van der Waals surface area contributed by atoms with Gasteiger partial charge in [-0.3, -0.25) is 0 Å². The van der Waals surface area contributed by atoms with Crippen LogP contribution in [0.4, 0.5) is 0 Å². The molecule has 0 aromatic heterocycles. The average molecular weight is 465 g/mol. The van der Waals surface area contributed by atoms with Gasteiger partial charge < -0.3 is 0 Å². The molecule has 0 bridgehead atoms. The van der Waals surface area contributed by atoms with E-state index >= 15 is 0 Å². The summed E-state index contributed by atoms with van der Waals surface area (Å²) in [4.78, 5) is 0. The predicted molar refractivity (Wildman–Crippen MR) is 151 cm³/mol. The molecule has 0 radical (unpaired) electrons. The summed E-state index contributed by atoms with van der Waals surface area (Å²) >= 11 is 0. The zero-order chi connectivity index (χ0) is 23.6. The third kappa shape index (κ3) is 6.70. The van der Waals surface area contributed by atoms with Gasteiger partial charge in [0.15, 0.2) is 0 Å². The van der Waals surface area contributed by atoms with E-state index in [2.05, 4.69) is 105 Å². The van der Waals surface area contributed by atoms with Crippen LogP contribution in [-0.4, -0.2) is 9.52 Å². The Kier molecular flexibility index (Phi) is 9.16. The molecule has 0 nitrogen and oxygen atoms in total. The molecule has 0 unspecified atom stereocenters. The molecule has 0 amide bonds. The molecule has 4 rings (SSSR count). The van der Waals surface area contributed by atoms with Gasteiger partial charge in [-0.15, -0.1) is 0 Å². The molecule has 0 atom stereocenters. The molecule has 176 valence electrons. The van der Waals surface area contributed by atoms with Crippen LogP contribution >= 0.6 is 0 Å². The minimum absolute atomic E-state index is 0.497. The molecular weight excluding hydrogens is 424 g/mol. The Bertz CT molecular complexity index is 1020. The van der Waals surface area contributed by atoms with Crippen molar-refractivity contribution in [1.82, 2.24) is 0 Å². The normalized spacial score (nSPS) is 13.6. The third-order valence-corrected chi connectivity index (χ3v) is 9.81. The summed E-state index contributed by atoms with van der Waals surface area (Å²) in [6, 6.07) is 30.2. The Morgan fingerprint density at radius 3 is 1.76 bits per heavy atom. The summed E-state index contributed by atoms with van der Waals surface area (Å²) in [5, 5.41) is 1.74. The summed E-state index contributed by atoms with van der Waals surface area (Å²) in [7, 11) is -0.497. The predicted octanol–water partition coefficient (Wildman–Crippen LogP) is 8.09. The number of rotatable bonds is 12. The molecule has 0 saturated heterocycles. The van der Waals surface area contributed by atoms with E-state index in [1.807, 2.05) is 0 Å². The fourth-order valence-electron chi connectivity index (χ4n) is 5.08. The molecule has 34 heavy (non-hydrogen) atoms. The van der Waals surface area contributed by atoms with E-state index in [-0.39, 0.29) is 0 Å². The maximum absolute atomic E-state index is 2.42. The first-order valence-electron chi connectivity index (χ1n) is 13.4. The van der Waals surface area contributed by atoms with E-state index in [9.17, 15) is 0 Å². The number of benzene rings is 3. The van der Waals surface area contributed by atoms with Crippen molar-refractivity contribution in [3.8, 4) is 0 Å². The van der Waals surface area contributed by atoms with Crippen molar-refractivity contribution in [2.75, 3.05) is 0 Å². The highest BCUT2D eigenvalue weighted by atomic mass is 28.2. The molecule has 1 aliphatic carbocycles.